The van der Waals surface area contributed by atoms with Gasteiger partial charge in [0, 0.05) is 17.6 Å². The number of hydrogen-bond donors (Lipinski definition) is 0. The van der Waals surface area contributed by atoms with Crippen molar-refractivity contribution in [1.82, 2.24) is 9.78 Å². The molecule has 4 rings (SSSR count). The summed E-state index contributed by atoms with van der Waals surface area (Å²) in [5.74, 6) is 0.994. The Kier molecular flexibility index (Phi) is 3.79. The third kappa shape index (κ3) is 2.62. The summed E-state index contributed by atoms with van der Waals surface area (Å²) in [4.78, 5) is 10.8. The fourth-order valence-electron chi connectivity index (χ4n) is 2.96. The predicted molar refractivity (Wildman–Crippen MR) is 89.4 cm³/mol. The molecule has 0 N–H and O–H groups in total. The number of benzene rings is 1. The average Bonchev–Trinajstić information content (AvgIpc) is 3.20. The number of fused-ring (bicyclic) bond motifs is 1. The predicted octanol–water partition coefficient (Wildman–Crippen LogP) is 4.57. The lowest BCUT2D eigenvalue weighted by Gasteiger charge is -2.23. The molecule has 2 aromatic heterocycles. The third-order valence-electron chi connectivity index (χ3n) is 4.12. The van der Waals surface area contributed by atoms with Gasteiger partial charge in [-0.15, -0.1) is 0 Å². The van der Waals surface area contributed by atoms with Crippen LogP contribution in [0.4, 0.5) is 0 Å². The first kappa shape index (κ1) is 14.7. The largest absolute Gasteiger partial charge is 0.453 e. The monoisotopic (exact) mass is 374 g/mol. The van der Waals surface area contributed by atoms with E-state index in [-0.39, 0.29) is 6.23 Å². The maximum atomic E-state index is 10.8. The van der Waals surface area contributed by atoms with Gasteiger partial charge < -0.3 is 9.15 Å². The number of rotatable bonds is 3. The summed E-state index contributed by atoms with van der Waals surface area (Å²) in [6.07, 6.45) is 3.94. The van der Waals surface area contributed by atoms with E-state index in [1.54, 1.807) is 12.1 Å². The Morgan fingerprint density at radius 3 is 2.91 bits per heavy atom. The zero-order chi connectivity index (χ0) is 15.8. The Morgan fingerprint density at radius 1 is 1.26 bits per heavy atom. The summed E-state index contributed by atoms with van der Waals surface area (Å²) < 4.78 is 14.1. The summed E-state index contributed by atoms with van der Waals surface area (Å²) in [7, 11) is 0. The Hall–Kier alpha value is -1.92. The van der Waals surface area contributed by atoms with Crippen molar-refractivity contribution in [2.24, 2.45) is 0 Å². The van der Waals surface area contributed by atoms with Gasteiger partial charge >= 0.3 is 0 Å². The van der Waals surface area contributed by atoms with Crippen LogP contribution in [0.3, 0.4) is 0 Å². The number of hydrogen-bond acceptors (Lipinski definition) is 4. The molecule has 23 heavy (non-hydrogen) atoms. The number of carbonyl (C=O) groups is 1. The summed E-state index contributed by atoms with van der Waals surface area (Å²) in [6, 6.07) is 9.47. The molecule has 1 atom stereocenters. The highest BCUT2D eigenvalue weighted by Crippen LogP contribution is 2.33. The number of carbonyl (C=O) groups excluding carboxylic acids is 1. The van der Waals surface area contributed by atoms with Gasteiger partial charge in [0.25, 0.3) is 0 Å². The van der Waals surface area contributed by atoms with Gasteiger partial charge in [-0.25, -0.2) is 4.68 Å². The van der Waals surface area contributed by atoms with Crippen molar-refractivity contribution in [3.63, 3.8) is 0 Å². The zero-order valence-electron chi connectivity index (χ0n) is 12.4. The second-order valence-corrected chi connectivity index (χ2v) is 6.36. The van der Waals surface area contributed by atoms with Crippen LogP contribution in [0, 0.1) is 0 Å². The van der Waals surface area contributed by atoms with Crippen molar-refractivity contribution in [2.45, 2.75) is 25.5 Å². The fourth-order valence-corrected chi connectivity index (χ4v) is 3.45. The maximum absolute atomic E-state index is 10.8. The summed E-state index contributed by atoms with van der Waals surface area (Å²) in [6.45, 7) is 0.780. The SMILES string of the molecule is O=Cc1ccc(-c2ccc3c(c2)c(Br)nn3C2CCCCO2)o1. The molecule has 1 unspecified atom stereocenters. The van der Waals surface area contributed by atoms with E-state index < -0.39 is 0 Å². The van der Waals surface area contributed by atoms with E-state index in [9.17, 15) is 4.79 Å². The second-order valence-electron chi connectivity index (χ2n) is 5.61. The normalized spacial score (nSPS) is 18.4. The van der Waals surface area contributed by atoms with Gasteiger partial charge in [-0.3, -0.25) is 4.79 Å². The molecule has 0 amide bonds. The lowest BCUT2D eigenvalue weighted by Crippen LogP contribution is -2.19. The molecule has 0 aliphatic carbocycles. The third-order valence-corrected chi connectivity index (χ3v) is 4.70. The Labute approximate surface area is 141 Å². The van der Waals surface area contributed by atoms with Crippen molar-refractivity contribution in [2.75, 3.05) is 6.61 Å². The number of aldehydes is 1. The highest BCUT2D eigenvalue weighted by molar-refractivity contribution is 9.10. The lowest BCUT2D eigenvalue weighted by molar-refractivity contribution is -0.0368. The number of halogens is 1. The topological polar surface area (TPSA) is 57.3 Å². The Balaban J connectivity index is 1.77. The van der Waals surface area contributed by atoms with Gasteiger partial charge in [-0.1, -0.05) is 0 Å². The van der Waals surface area contributed by atoms with E-state index in [0.717, 1.165) is 46.9 Å². The van der Waals surface area contributed by atoms with Crippen LogP contribution in [0.1, 0.15) is 36.0 Å². The molecule has 1 saturated heterocycles. The average molecular weight is 375 g/mol. The van der Waals surface area contributed by atoms with Gasteiger partial charge in [0.2, 0.25) is 0 Å². The van der Waals surface area contributed by atoms with Crippen LogP contribution in [0.25, 0.3) is 22.2 Å². The summed E-state index contributed by atoms with van der Waals surface area (Å²) in [5, 5.41) is 5.59. The van der Waals surface area contributed by atoms with E-state index in [1.165, 1.54) is 0 Å². The maximum Gasteiger partial charge on any atom is 0.185 e. The lowest BCUT2D eigenvalue weighted by atomic mass is 10.1. The summed E-state index contributed by atoms with van der Waals surface area (Å²) in [5.41, 5.74) is 1.94. The van der Waals surface area contributed by atoms with Gasteiger partial charge in [0.15, 0.2) is 18.3 Å². The zero-order valence-corrected chi connectivity index (χ0v) is 14.0. The van der Waals surface area contributed by atoms with Crippen LogP contribution >= 0.6 is 15.9 Å². The van der Waals surface area contributed by atoms with Crippen LogP contribution in [0.15, 0.2) is 39.4 Å². The molecule has 1 aromatic carbocycles. The molecule has 1 aliphatic rings. The minimum absolute atomic E-state index is 0.00585. The standard InChI is InChI=1S/C17H15BrN2O3/c18-17-13-9-11(15-7-5-12(10-21)23-15)4-6-14(13)20(19-17)16-3-1-2-8-22-16/h4-7,9-10,16H,1-3,8H2. The van der Waals surface area contributed by atoms with E-state index in [0.29, 0.717) is 17.8 Å². The number of ether oxygens (including phenoxy) is 1. The van der Waals surface area contributed by atoms with Crippen LogP contribution < -0.4 is 0 Å². The number of furan rings is 1. The quantitative estimate of drug-likeness (QED) is 0.630. The summed E-state index contributed by atoms with van der Waals surface area (Å²) >= 11 is 3.54. The van der Waals surface area contributed by atoms with Crippen LogP contribution in [-0.4, -0.2) is 22.7 Å². The molecule has 3 aromatic rings. The molecule has 1 aliphatic heterocycles. The smallest absolute Gasteiger partial charge is 0.185 e. The minimum atomic E-state index is -0.00585. The molecule has 0 radical (unpaired) electrons. The molecule has 0 saturated carbocycles. The molecule has 3 heterocycles. The van der Waals surface area contributed by atoms with Gasteiger partial charge in [0.1, 0.15) is 10.4 Å². The number of nitrogens with zero attached hydrogens (tertiary/aromatic N) is 2. The van der Waals surface area contributed by atoms with Crippen molar-refractivity contribution >= 4 is 33.1 Å². The van der Waals surface area contributed by atoms with Crippen LogP contribution in [0.2, 0.25) is 0 Å². The Morgan fingerprint density at radius 2 is 2.17 bits per heavy atom. The second kappa shape index (κ2) is 5.94. The molecule has 0 spiro atoms. The van der Waals surface area contributed by atoms with Gasteiger partial charge in [0.05, 0.1) is 5.52 Å². The number of aromatic nitrogens is 2. The molecule has 118 valence electrons. The van der Waals surface area contributed by atoms with E-state index in [1.807, 2.05) is 22.9 Å². The van der Waals surface area contributed by atoms with E-state index in [2.05, 4.69) is 21.0 Å². The Bertz CT molecular complexity index is 862. The van der Waals surface area contributed by atoms with Gasteiger partial charge in [-0.05, 0) is 65.5 Å². The molecular formula is C17H15BrN2O3. The van der Waals surface area contributed by atoms with Crippen molar-refractivity contribution in [3.05, 3.63) is 40.7 Å². The first-order valence-electron chi connectivity index (χ1n) is 7.61. The first-order valence-corrected chi connectivity index (χ1v) is 8.40. The first-order chi connectivity index (χ1) is 11.3. The van der Waals surface area contributed by atoms with Crippen LogP contribution in [-0.2, 0) is 4.74 Å². The highest BCUT2D eigenvalue weighted by Gasteiger charge is 2.20. The molecule has 1 fully saturated rings. The van der Waals surface area contributed by atoms with Crippen molar-refractivity contribution in [3.8, 4) is 11.3 Å². The fraction of sp³-hybridized carbons (Fsp3) is 0.294. The van der Waals surface area contributed by atoms with Crippen molar-refractivity contribution < 1.29 is 13.9 Å². The van der Waals surface area contributed by atoms with E-state index >= 15 is 0 Å². The van der Waals surface area contributed by atoms with Crippen molar-refractivity contribution in [1.29, 1.82) is 0 Å². The van der Waals surface area contributed by atoms with Gasteiger partial charge in [-0.2, -0.15) is 5.10 Å². The molecular weight excluding hydrogens is 360 g/mol. The molecule has 0 bridgehead atoms. The highest BCUT2D eigenvalue weighted by atomic mass is 79.9. The minimum Gasteiger partial charge on any atom is -0.453 e. The molecule has 5 nitrogen and oxygen atoms in total. The van der Waals surface area contributed by atoms with E-state index in [4.69, 9.17) is 9.15 Å². The molecule has 6 heteroatoms. The van der Waals surface area contributed by atoms with Crippen LogP contribution in [0.5, 0.6) is 0 Å².